The van der Waals surface area contributed by atoms with E-state index in [0.29, 0.717) is 12.6 Å². The fourth-order valence-corrected chi connectivity index (χ4v) is 2.83. The zero-order chi connectivity index (χ0) is 12.4. The molecule has 0 N–H and O–H groups in total. The van der Waals surface area contributed by atoms with Gasteiger partial charge in [-0.3, -0.25) is 4.90 Å². The Morgan fingerprint density at radius 2 is 1.83 bits per heavy atom. The molecule has 0 bridgehead atoms. The van der Waals surface area contributed by atoms with E-state index in [-0.39, 0.29) is 6.10 Å². The van der Waals surface area contributed by atoms with Gasteiger partial charge in [-0.25, -0.2) is 0 Å². The van der Waals surface area contributed by atoms with E-state index in [2.05, 4.69) is 11.8 Å². The molecule has 3 heteroatoms. The van der Waals surface area contributed by atoms with Gasteiger partial charge in [-0.1, -0.05) is 18.6 Å². The molecular formula is C15H21NO2. The highest BCUT2D eigenvalue weighted by atomic mass is 16.6. The summed E-state index contributed by atoms with van der Waals surface area (Å²) in [5.41, 5.74) is 0. The summed E-state index contributed by atoms with van der Waals surface area (Å²) in [7, 11) is 0. The number of benzene rings is 1. The van der Waals surface area contributed by atoms with Crippen molar-refractivity contribution in [3.05, 3.63) is 24.3 Å². The normalized spacial score (nSPS) is 25.7. The highest BCUT2D eigenvalue weighted by Crippen LogP contribution is 2.32. The SMILES string of the molecule is C[C@H]([C@H]1COc2ccccc2O1)N1CCCCC1. The molecule has 3 rings (SSSR count). The lowest BCUT2D eigenvalue weighted by atomic mass is 10.1. The lowest BCUT2D eigenvalue weighted by molar-refractivity contribution is 0.0141. The molecule has 0 spiro atoms. The molecule has 1 aromatic carbocycles. The van der Waals surface area contributed by atoms with Gasteiger partial charge in [0.2, 0.25) is 0 Å². The number of nitrogens with zero attached hydrogens (tertiary/aromatic N) is 1. The Labute approximate surface area is 109 Å². The van der Waals surface area contributed by atoms with Crippen LogP contribution < -0.4 is 9.47 Å². The van der Waals surface area contributed by atoms with Crippen molar-refractivity contribution in [2.24, 2.45) is 0 Å². The second-order valence-corrected chi connectivity index (χ2v) is 5.25. The molecule has 3 nitrogen and oxygen atoms in total. The van der Waals surface area contributed by atoms with Crippen molar-refractivity contribution in [2.45, 2.75) is 38.3 Å². The Hall–Kier alpha value is -1.22. The van der Waals surface area contributed by atoms with E-state index in [1.807, 2.05) is 24.3 Å². The first kappa shape index (κ1) is 11.8. The Bertz CT molecular complexity index is 401. The Kier molecular flexibility index (Phi) is 3.41. The Balaban J connectivity index is 1.67. The number of hydrogen-bond acceptors (Lipinski definition) is 3. The van der Waals surface area contributed by atoms with E-state index in [4.69, 9.17) is 9.47 Å². The summed E-state index contributed by atoms with van der Waals surface area (Å²) >= 11 is 0. The third-order valence-corrected chi connectivity index (χ3v) is 4.04. The summed E-state index contributed by atoms with van der Waals surface area (Å²) in [5, 5.41) is 0. The summed E-state index contributed by atoms with van der Waals surface area (Å²) in [6, 6.07) is 8.37. The van der Waals surface area contributed by atoms with E-state index < -0.39 is 0 Å². The van der Waals surface area contributed by atoms with Crippen LogP contribution in [0.15, 0.2) is 24.3 Å². The number of para-hydroxylation sites is 2. The molecule has 0 unspecified atom stereocenters. The molecule has 1 aromatic rings. The summed E-state index contributed by atoms with van der Waals surface area (Å²) in [5.74, 6) is 1.76. The summed E-state index contributed by atoms with van der Waals surface area (Å²) < 4.78 is 11.9. The number of rotatable bonds is 2. The van der Waals surface area contributed by atoms with Gasteiger partial charge in [0.05, 0.1) is 0 Å². The maximum absolute atomic E-state index is 6.08. The van der Waals surface area contributed by atoms with Crippen LogP contribution in [-0.2, 0) is 0 Å². The number of piperidine rings is 1. The van der Waals surface area contributed by atoms with Crippen molar-refractivity contribution in [3.63, 3.8) is 0 Å². The average molecular weight is 247 g/mol. The molecule has 0 aromatic heterocycles. The minimum Gasteiger partial charge on any atom is -0.486 e. The van der Waals surface area contributed by atoms with Gasteiger partial charge in [-0.2, -0.15) is 0 Å². The molecule has 0 aliphatic carbocycles. The van der Waals surface area contributed by atoms with Crippen LogP contribution in [0.2, 0.25) is 0 Å². The lowest BCUT2D eigenvalue weighted by Gasteiger charge is -2.38. The van der Waals surface area contributed by atoms with Gasteiger partial charge in [-0.15, -0.1) is 0 Å². The van der Waals surface area contributed by atoms with Gasteiger partial charge < -0.3 is 9.47 Å². The zero-order valence-corrected chi connectivity index (χ0v) is 11.0. The van der Waals surface area contributed by atoms with Crippen molar-refractivity contribution in [2.75, 3.05) is 19.7 Å². The quantitative estimate of drug-likeness (QED) is 0.802. The van der Waals surface area contributed by atoms with Gasteiger partial charge in [0, 0.05) is 6.04 Å². The maximum Gasteiger partial charge on any atom is 0.161 e. The molecular weight excluding hydrogens is 226 g/mol. The van der Waals surface area contributed by atoms with Crippen molar-refractivity contribution >= 4 is 0 Å². The molecule has 18 heavy (non-hydrogen) atoms. The molecule has 2 atom stereocenters. The first-order chi connectivity index (χ1) is 8.84. The first-order valence-corrected chi connectivity index (χ1v) is 6.97. The first-order valence-electron chi connectivity index (χ1n) is 6.97. The standard InChI is InChI=1S/C15H21NO2/c1-12(16-9-5-2-6-10-16)15-11-17-13-7-3-4-8-14(13)18-15/h3-4,7-8,12,15H,2,5-6,9-11H2,1H3/t12-,15-/m1/s1. The molecule has 2 heterocycles. The van der Waals surface area contributed by atoms with Crippen molar-refractivity contribution < 1.29 is 9.47 Å². The van der Waals surface area contributed by atoms with Gasteiger partial charge in [0.1, 0.15) is 12.7 Å². The fraction of sp³-hybridized carbons (Fsp3) is 0.600. The van der Waals surface area contributed by atoms with Crippen LogP contribution in [0.1, 0.15) is 26.2 Å². The van der Waals surface area contributed by atoms with Gasteiger partial charge in [-0.05, 0) is 45.0 Å². The Morgan fingerprint density at radius 3 is 2.61 bits per heavy atom. The second-order valence-electron chi connectivity index (χ2n) is 5.25. The average Bonchev–Trinajstić information content (AvgIpc) is 2.47. The predicted octanol–water partition coefficient (Wildman–Crippen LogP) is 2.70. The Morgan fingerprint density at radius 1 is 1.11 bits per heavy atom. The second kappa shape index (κ2) is 5.19. The van der Waals surface area contributed by atoms with Crippen LogP contribution in [0.25, 0.3) is 0 Å². The van der Waals surface area contributed by atoms with Crippen LogP contribution in [0.5, 0.6) is 11.5 Å². The molecule has 2 aliphatic heterocycles. The maximum atomic E-state index is 6.08. The van der Waals surface area contributed by atoms with E-state index in [9.17, 15) is 0 Å². The number of likely N-dealkylation sites (tertiary alicyclic amines) is 1. The lowest BCUT2D eigenvalue weighted by Crippen LogP contribution is -2.49. The molecule has 98 valence electrons. The van der Waals surface area contributed by atoms with Crippen molar-refractivity contribution in [3.8, 4) is 11.5 Å². The number of ether oxygens (including phenoxy) is 2. The van der Waals surface area contributed by atoms with E-state index in [1.54, 1.807) is 0 Å². The number of hydrogen-bond donors (Lipinski definition) is 0. The molecule has 0 amide bonds. The van der Waals surface area contributed by atoms with E-state index in [1.165, 1.54) is 32.4 Å². The third-order valence-electron chi connectivity index (χ3n) is 4.04. The highest BCUT2D eigenvalue weighted by molar-refractivity contribution is 5.40. The highest BCUT2D eigenvalue weighted by Gasteiger charge is 2.30. The van der Waals surface area contributed by atoms with E-state index in [0.717, 1.165) is 11.5 Å². The largest absolute Gasteiger partial charge is 0.486 e. The molecule has 2 aliphatic rings. The van der Waals surface area contributed by atoms with Crippen molar-refractivity contribution in [1.82, 2.24) is 4.90 Å². The van der Waals surface area contributed by atoms with Crippen LogP contribution in [0.3, 0.4) is 0 Å². The van der Waals surface area contributed by atoms with Crippen LogP contribution in [0.4, 0.5) is 0 Å². The minimum absolute atomic E-state index is 0.151. The summed E-state index contributed by atoms with van der Waals surface area (Å²) in [4.78, 5) is 2.53. The zero-order valence-electron chi connectivity index (χ0n) is 11.0. The smallest absolute Gasteiger partial charge is 0.161 e. The predicted molar refractivity (Wildman–Crippen MR) is 71.2 cm³/mol. The summed E-state index contributed by atoms with van der Waals surface area (Å²) in [6.07, 6.45) is 4.15. The monoisotopic (exact) mass is 247 g/mol. The third kappa shape index (κ3) is 2.32. The fourth-order valence-electron chi connectivity index (χ4n) is 2.83. The van der Waals surface area contributed by atoms with Crippen LogP contribution in [0, 0.1) is 0 Å². The van der Waals surface area contributed by atoms with Gasteiger partial charge in [0.25, 0.3) is 0 Å². The van der Waals surface area contributed by atoms with Crippen LogP contribution >= 0.6 is 0 Å². The molecule has 1 saturated heterocycles. The topological polar surface area (TPSA) is 21.7 Å². The van der Waals surface area contributed by atoms with Gasteiger partial charge in [0.15, 0.2) is 11.5 Å². The van der Waals surface area contributed by atoms with Gasteiger partial charge >= 0.3 is 0 Å². The van der Waals surface area contributed by atoms with Crippen LogP contribution in [-0.4, -0.2) is 36.7 Å². The number of fused-ring (bicyclic) bond motifs is 1. The summed E-state index contributed by atoms with van der Waals surface area (Å²) in [6.45, 7) is 5.31. The molecule has 0 saturated carbocycles. The van der Waals surface area contributed by atoms with Crippen molar-refractivity contribution in [1.29, 1.82) is 0 Å². The van der Waals surface area contributed by atoms with E-state index >= 15 is 0 Å². The minimum atomic E-state index is 0.151. The molecule has 0 radical (unpaired) electrons. The molecule has 1 fully saturated rings.